The Morgan fingerprint density at radius 1 is 1.00 bits per heavy atom. The molecule has 0 aromatic heterocycles. The van der Waals surface area contributed by atoms with E-state index in [2.05, 4.69) is 44.8 Å². The Kier molecular flexibility index (Phi) is 9.12. The molecule has 0 fully saturated rings. The lowest BCUT2D eigenvalue weighted by molar-refractivity contribution is 0.222. The van der Waals surface area contributed by atoms with Crippen LogP contribution >= 0.6 is 0 Å². The Morgan fingerprint density at radius 2 is 1.67 bits per heavy atom. The summed E-state index contributed by atoms with van der Waals surface area (Å²) in [5.41, 5.74) is 0. The fraction of sp³-hybridized carbons (Fsp3) is 1.00. The van der Waals surface area contributed by atoms with Gasteiger partial charge in [0.1, 0.15) is 0 Å². The molecule has 2 heteroatoms. The van der Waals surface area contributed by atoms with Gasteiger partial charge in [0.15, 0.2) is 0 Å². The Balaban J connectivity index is 3.45. The molecule has 0 bridgehead atoms. The lowest BCUT2D eigenvalue weighted by atomic mass is 10.1. The summed E-state index contributed by atoms with van der Waals surface area (Å²) in [7, 11) is 0. The van der Waals surface area contributed by atoms with E-state index in [0.29, 0.717) is 6.04 Å². The number of hydrogen-bond acceptors (Lipinski definition) is 2. The summed E-state index contributed by atoms with van der Waals surface area (Å²) >= 11 is 0. The molecule has 0 unspecified atom stereocenters. The second kappa shape index (κ2) is 9.17. The first-order chi connectivity index (χ1) is 7.07. The van der Waals surface area contributed by atoms with E-state index < -0.39 is 0 Å². The van der Waals surface area contributed by atoms with Gasteiger partial charge in [0.2, 0.25) is 0 Å². The third-order valence-electron chi connectivity index (χ3n) is 2.72. The molecule has 0 aromatic rings. The van der Waals surface area contributed by atoms with Gasteiger partial charge in [0.25, 0.3) is 0 Å². The molecule has 0 saturated carbocycles. The zero-order valence-electron chi connectivity index (χ0n) is 11.3. The lowest BCUT2D eigenvalue weighted by Crippen LogP contribution is -2.37. The largest absolute Gasteiger partial charge is 0.315 e. The highest BCUT2D eigenvalue weighted by Crippen LogP contribution is 1.99. The fourth-order valence-electron chi connectivity index (χ4n) is 1.65. The van der Waals surface area contributed by atoms with E-state index in [4.69, 9.17) is 0 Å². The first-order valence-electron chi connectivity index (χ1n) is 6.52. The van der Waals surface area contributed by atoms with Crippen molar-refractivity contribution in [2.75, 3.05) is 26.2 Å². The van der Waals surface area contributed by atoms with Crippen LogP contribution in [0.4, 0.5) is 0 Å². The van der Waals surface area contributed by atoms with E-state index in [9.17, 15) is 0 Å². The normalized spacial score (nSPS) is 12.0. The Hall–Kier alpha value is -0.0800. The van der Waals surface area contributed by atoms with Crippen LogP contribution in [0.2, 0.25) is 0 Å². The molecule has 0 aromatic carbocycles. The summed E-state index contributed by atoms with van der Waals surface area (Å²) in [6, 6.07) is 0.678. The summed E-state index contributed by atoms with van der Waals surface area (Å²) < 4.78 is 0. The van der Waals surface area contributed by atoms with Crippen LogP contribution in [0.1, 0.15) is 47.5 Å². The second-order valence-corrected chi connectivity index (χ2v) is 5.06. The van der Waals surface area contributed by atoms with Gasteiger partial charge in [-0.3, -0.25) is 4.90 Å². The predicted octanol–water partition coefficient (Wildman–Crippen LogP) is 2.74. The third-order valence-corrected chi connectivity index (χ3v) is 2.72. The minimum absolute atomic E-state index is 0.678. The minimum Gasteiger partial charge on any atom is -0.315 e. The lowest BCUT2D eigenvalue weighted by Gasteiger charge is -2.26. The molecule has 0 atom stereocenters. The number of rotatable bonds is 9. The van der Waals surface area contributed by atoms with Gasteiger partial charge in [0.05, 0.1) is 0 Å². The van der Waals surface area contributed by atoms with Crippen LogP contribution in [0.25, 0.3) is 0 Å². The SMILES string of the molecule is CCCN(CCNCCC(C)C)C(C)C. The predicted molar refractivity (Wildman–Crippen MR) is 69.3 cm³/mol. The maximum atomic E-state index is 3.52. The van der Waals surface area contributed by atoms with Crippen LogP contribution < -0.4 is 5.32 Å². The van der Waals surface area contributed by atoms with Crippen LogP contribution in [-0.2, 0) is 0 Å². The maximum absolute atomic E-state index is 3.52. The number of hydrogen-bond donors (Lipinski definition) is 1. The van der Waals surface area contributed by atoms with Crippen LogP contribution in [-0.4, -0.2) is 37.1 Å². The first kappa shape index (κ1) is 14.9. The summed E-state index contributed by atoms with van der Waals surface area (Å²) in [4.78, 5) is 2.54. The standard InChI is InChI=1S/C13H30N2/c1-6-10-15(13(4)5)11-9-14-8-7-12(2)3/h12-14H,6-11H2,1-5H3. The third kappa shape index (κ3) is 8.88. The molecule has 15 heavy (non-hydrogen) atoms. The van der Waals surface area contributed by atoms with Crippen molar-refractivity contribution in [1.82, 2.24) is 10.2 Å². The fourth-order valence-corrected chi connectivity index (χ4v) is 1.65. The summed E-state index contributed by atoms with van der Waals surface area (Å²) in [5.74, 6) is 0.814. The molecule has 1 N–H and O–H groups in total. The van der Waals surface area contributed by atoms with E-state index in [1.54, 1.807) is 0 Å². The van der Waals surface area contributed by atoms with Gasteiger partial charge in [-0.25, -0.2) is 0 Å². The van der Waals surface area contributed by atoms with E-state index in [1.165, 1.54) is 25.9 Å². The van der Waals surface area contributed by atoms with E-state index in [0.717, 1.165) is 19.0 Å². The van der Waals surface area contributed by atoms with Crippen molar-refractivity contribution in [2.24, 2.45) is 5.92 Å². The van der Waals surface area contributed by atoms with Crippen molar-refractivity contribution in [3.05, 3.63) is 0 Å². The van der Waals surface area contributed by atoms with Crippen LogP contribution in [0.3, 0.4) is 0 Å². The van der Waals surface area contributed by atoms with Gasteiger partial charge in [-0.1, -0.05) is 20.8 Å². The number of nitrogens with zero attached hydrogens (tertiary/aromatic N) is 1. The molecule has 0 aliphatic carbocycles. The second-order valence-electron chi connectivity index (χ2n) is 5.06. The van der Waals surface area contributed by atoms with E-state index in [-0.39, 0.29) is 0 Å². The number of nitrogens with one attached hydrogen (secondary N) is 1. The van der Waals surface area contributed by atoms with Crippen molar-refractivity contribution in [1.29, 1.82) is 0 Å². The highest BCUT2D eigenvalue weighted by Gasteiger charge is 2.06. The van der Waals surface area contributed by atoms with Crippen molar-refractivity contribution in [3.8, 4) is 0 Å². The Morgan fingerprint density at radius 3 is 2.13 bits per heavy atom. The van der Waals surface area contributed by atoms with Crippen LogP contribution in [0.5, 0.6) is 0 Å². The molecule has 2 nitrogen and oxygen atoms in total. The monoisotopic (exact) mass is 214 g/mol. The average molecular weight is 214 g/mol. The zero-order valence-corrected chi connectivity index (χ0v) is 11.3. The van der Waals surface area contributed by atoms with E-state index in [1.807, 2.05) is 0 Å². The van der Waals surface area contributed by atoms with Crippen molar-refractivity contribution in [3.63, 3.8) is 0 Å². The molecule has 0 aliphatic rings. The minimum atomic E-state index is 0.678. The molecule has 0 aliphatic heterocycles. The van der Waals surface area contributed by atoms with E-state index >= 15 is 0 Å². The van der Waals surface area contributed by atoms with Crippen molar-refractivity contribution < 1.29 is 0 Å². The molecule has 0 rings (SSSR count). The molecule has 0 saturated heterocycles. The van der Waals surface area contributed by atoms with Gasteiger partial charge in [0, 0.05) is 19.1 Å². The van der Waals surface area contributed by atoms with Crippen molar-refractivity contribution >= 4 is 0 Å². The maximum Gasteiger partial charge on any atom is 0.0110 e. The van der Waals surface area contributed by atoms with Crippen molar-refractivity contribution in [2.45, 2.75) is 53.5 Å². The topological polar surface area (TPSA) is 15.3 Å². The summed E-state index contributed by atoms with van der Waals surface area (Å²) in [6.45, 7) is 16.1. The molecule has 92 valence electrons. The molecule has 0 heterocycles. The zero-order chi connectivity index (χ0) is 11.7. The van der Waals surface area contributed by atoms with Gasteiger partial charge in [-0.05, 0) is 45.7 Å². The summed E-state index contributed by atoms with van der Waals surface area (Å²) in [6.07, 6.45) is 2.54. The van der Waals surface area contributed by atoms with Gasteiger partial charge < -0.3 is 5.32 Å². The van der Waals surface area contributed by atoms with Gasteiger partial charge in [-0.2, -0.15) is 0 Å². The molecular weight excluding hydrogens is 184 g/mol. The highest BCUT2D eigenvalue weighted by molar-refractivity contribution is 4.63. The smallest absolute Gasteiger partial charge is 0.0110 e. The molecule has 0 radical (unpaired) electrons. The average Bonchev–Trinajstić information content (AvgIpc) is 2.15. The van der Waals surface area contributed by atoms with Crippen LogP contribution in [0.15, 0.2) is 0 Å². The molecular formula is C13H30N2. The molecule has 0 amide bonds. The molecule has 0 spiro atoms. The summed E-state index contributed by atoms with van der Waals surface area (Å²) in [5, 5.41) is 3.52. The van der Waals surface area contributed by atoms with Gasteiger partial charge >= 0.3 is 0 Å². The first-order valence-corrected chi connectivity index (χ1v) is 6.52. The highest BCUT2D eigenvalue weighted by atomic mass is 15.2. The van der Waals surface area contributed by atoms with Crippen LogP contribution in [0, 0.1) is 5.92 Å². The Labute approximate surface area is 96.4 Å². The quantitative estimate of drug-likeness (QED) is 0.594. The Bertz CT molecular complexity index is 132. The van der Waals surface area contributed by atoms with Gasteiger partial charge in [-0.15, -0.1) is 0 Å².